The number of primary amides is 1. The van der Waals surface area contributed by atoms with Crippen molar-refractivity contribution >= 4 is 5.91 Å². The fourth-order valence-electron chi connectivity index (χ4n) is 2.35. The van der Waals surface area contributed by atoms with E-state index in [0.29, 0.717) is 18.2 Å². The Morgan fingerprint density at radius 1 is 1.22 bits per heavy atom. The first-order valence-corrected chi connectivity index (χ1v) is 6.41. The van der Waals surface area contributed by atoms with E-state index in [-0.39, 0.29) is 6.10 Å². The summed E-state index contributed by atoms with van der Waals surface area (Å²) < 4.78 is 5.84. The standard InChI is InChI=1S/C14H20N2O2/c15-11-5-7-12(8-6-11)18-9-10-3-1-2-4-13(10)14(16)17/h1-4,11-12H,5-9,15H2,(H2,16,17). The Kier molecular flexibility index (Phi) is 4.33. The fourth-order valence-corrected chi connectivity index (χ4v) is 2.35. The van der Waals surface area contributed by atoms with E-state index in [4.69, 9.17) is 16.2 Å². The maximum Gasteiger partial charge on any atom is 0.249 e. The molecule has 1 aliphatic carbocycles. The van der Waals surface area contributed by atoms with E-state index in [2.05, 4.69) is 0 Å². The summed E-state index contributed by atoms with van der Waals surface area (Å²) in [4.78, 5) is 11.3. The van der Waals surface area contributed by atoms with Crippen LogP contribution in [-0.2, 0) is 11.3 Å². The van der Waals surface area contributed by atoms with Crippen LogP contribution in [0.4, 0.5) is 0 Å². The highest BCUT2D eigenvalue weighted by molar-refractivity contribution is 5.94. The third kappa shape index (κ3) is 3.31. The number of hydrogen-bond acceptors (Lipinski definition) is 3. The van der Waals surface area contributed by atoms with Crippen LogP contribution >= 0.6 is 0 Å². The SMILES string of the molecule is NC(=O)c1ccccc1COC1CCC(N)CC1. The average molecular weight is 248 g/mol. The maximum atomic E-state index is 11.3. The van der Waals surface area contributed by atoms with Crippen molar-refractivity contribution in [2.45, 2.75) is 44.4 Å². The van der Waals surface area contributed by atoms with E-state index < -0.39 is 5.91 Å². The fraction of sp³-hybridized carbons (Fsp3) is 0.500. The quantitative estimate of drug-likeness (QED) is 0.849. The van der Waals surface area contributed by atoms with E-state index in [1.165, 1.54) is 0 Å². The molecule has 18 heavy (non-hydrogen) atoms. The van der Waals surface area contributed by atoms with Gasteiger partial charge in [0.25, 0.3) is 0 Å². The minimum Gasteiger partial charge on any atom is -0.374 e. The van der Waals surface area contributed by atoms with Crippen molar-refractivity contribution in [3.05, 3.63) is 35.4 Å². The Bertz CT molecular complexity index is 412. The predicted molar refractivity (Wildman–Crippen MR) is 70.0 cm³/mol. The number of rotatable bonds is 4. The van der Waals surface area contributed by atoms with Gasteiger partial charge in [0.05, 0.1) is 12.7 Å². The molecule has 4 heteroatoms. The van der Waals surface area contributed by atoms with E-state index >= 15 is 0 Å². The van der Waals surface area contributed by atoms with Crippen LogP contribution in [0.3, 0.4) is 0 Å². The van der Waals surface area contributed by atoms with E-state index in [1.54, 1.807) is 6.07 Å². The van der Waals surface area contributed by atoms with Gasteiger partial charge in [-0.2, -0.15) is 0 Å². The lowest BCUT2D eigenvalue weighted by atomic mass is 9.94. The molecule has 1 amide bonds. The molecule has 0 radical (unpaired) electrons. The third-order valence-electron chi connectivity index (χ3n) is 3.48. The number of benzene rings is 1. The molecule has 1 saturated carbocycles. The predicted octanol–water partition coefficient (Wildman–Crippen LogP) is 1.57. The molecule has 1 fully saturated rings. The molecule has 0 spiro atoms. The van der Waals surface area contributed by atoms with Crippen molar-refractivity contribution in [3.63, 3.8) is 0 Å². The minimum atomic E-state index is -0.403. The van der Waals surface area contributed by atoms with Crippen LogP contribution in [0, 0.1) is 0 Å². The van der Waals surface area contributed by atoms with Crippen LogP contribution in [0.1, 0.15) is 41.6 Å². The van der Waals surface area contributed by atoms with Gasteiger partial charge in [-0.3, -0.25) is 4.79 Å². The normalized spacial score (nSPS) is 23.8. The van der Waals surface area contributed by atoms with E-state index in [1.807, 2.05) is 18.2 Å². The summed E-state index contributed by atoms with van der Waals surface area (Å²) in [6, 6.07) is 7.64. The smallest absolute Gasteiger partial charge is 0.249 e. The zero-order valence-corrected chi connectivity index (χ0v) is 10.5. The summed E-state index contributed by atoms with van der Waals surface area (Å²) in [5.41, 5.74) is 12.6. The van der Waals surface area contributed by atoms with E-state index in [0.717, 1.165) is 31.2 Å². The van der Waals surface area contributed by atoms with Crippen molar-refractivity contribution in [2.24, 2.45) is 11.5 Å². The lowest BCUT2D eigenvalue weighted by Crippen LogP contribution is -2.30. The molecule has 0 saturated heterocycles. The second kappa shape index (κ2) is 5.98. The zero-order valence-electron chi connectivity index (χ0n) is 10.5. The minimum absolute atomic E-state index is 0.255. The van der Waals surface area contributed by atoms with Crippen LogP contribution in [0.15, 0.2) is 24.3 Å². The third-order valence-corrected chi connectivity index (χ3v) is 3.48. The van der Waals surface area contributed by atoms with Gasteiger partial charge in [-0.25, -0.2) is 0 Å². The van der Waals surface area contributed by atoms with Gasteiger partial charge in [0.15, 0.2) is 0 Å². The van der Waals surface area contributed by atoms with Crippen molar-refractivity contribution in [3.8, 4) is 0 Å². The van der Waals surface area contributed by atoms with Gasteiger partial charge < -0.3 is 16.2 Å². The number of carbonyl (C=O) groups is 1. The Balaban J connectivity index is 1.92. The van der Waals surface area contributed by atoms with Gasteiger partial charge in [0, 0.05) is 11.6 Å². The topological polar surface area (TPSA) is 78.3 Å². The van der Waals surface area contributed by atoms with Crippen molar-refractivity contribution in [1.29, 1.82) is 0 Å². The second-order valence-corrected chi connectivity index (χ2v) is 4.87. The van der Waals surface area contributed by atoms with Gasteiger partial charge in [-0.1, -0.05) is 18.2 Å². The summed E-state index contributed by atoms with van der Waals surface area (Å²) in [6.45, 7) is 0.443. The summed E-state index contributed by atoms with van der Waals surface area (Å²) in [6.07, 6.45) is 4.29. The average Bonchev–Trinajstić information content (AvgIpc) is 2.38. The number of hydrogen-bond donors (Lipinski definition) is 2. The molecular formula is C14H20N2O2. The highest BCUT2D eigenvalue weighted by Crippen LogP contribution is 2.21. The number of ether oxygens (including phenoxy) is 1. The van der Waals surface area contributed by atoms with Gasteiger partial charge in [-0.15, -0.1) is 0 Å². The van der Waals surface area contributed by atoms with Gasteiger partial charge in [0.1, 0.15) is 0 Å². The molecule has 0 unspecified atom stereocenters. The Hall–Kier alpha value is -1.39. The molecule has 0 bridgehead atoms. The first-order valence-electron chi connectivity index (χ1n) is 6.41. The summed E-state index contributed by atoms with van der Waals surface area (Å²) in [5, 5.41) is 0. The molecule has 0 heterocycles. The van der Waals surface area contributed by atoms with Crippen molar-refractivity contribution in [1.82, 2.24) is 0 Å². The number of amides is 1. The molecule has 4 nitrogen and oxygen atoms in total. The van der Waals surface area contributed by atoms with Crippen molar-refractivity contribution in [2.75, 3.05) is 0 Å². The van der Waals surface area contributed by atoms with Crippen LogP contribution < -0.4 is 11.5 Å². The second-order valence-electron chi connectivity index (χ2n) is 4.87. The van der Waals surface area contributed by atoms with Crippen LogP contribution in [0.25, 0.3) is 0 Å². The lowest BCUT2D eigenvalue weighted by molar-refractivity contribution is 0.0135. The Labute approximate surface area is 107 Å². The van der Waals surface area contributed by atoms with Gasteiger partial charge in [0.2, 0.25) is 5.91 Å². The monoisotopic (exact) mass is 248 g/mol. The van der Waals surface area contributed by atoms with Crippen molar-refractivity contribution < 1.29 is 9.53 Å². The molecular weight excluding hydrogens is 228 g/mol. The molecule has 1 aliphatic rings. The summed E-state index contributed by atoms with van der Waals surface area (Å²) in [5.74, 6) is -0.403. The molecule has 98 valence electrons. The van der Waals surface area contributed by atoms with Crippen LogP contribution in [0.5, 0.6) is 0 Å². The molecule has 1 aromatic carbocycles. The molecule has 0 atom stereocenters. The van der Waals surface area contributed by atoms with Crippen LogP contribution in [-0.4, -0.2) is 18.1 Å². The molecule has 0 aromatic heterocycles. The largest absolute Gasteiger partial charge is 0.374 e. The number of nitrogens with two attached hydrogens (primary N) is 2. The summed E-state index contributed by atoms with van der Waals surface area (Å²) in [7, 11) is 0. The molecule has 4 N–H and O–H groups in total. The molecule has 1 aromatic rings. The first-order chi connectivity index (χ1) is 8.66. The Morgan fingerprint density at radius 3 is 2.56 bits per heavy atom. The van der Waals surface area contributed by atoms with Crippen LogP contribution in [0.2, 0.25) is 0 Å². The first kappa shape index (κ1) is 13.1. The highest BCUT2D eigenvalue weighted by atomic mass is 16.5. The molecule has 0 aliphatic heterocycles. The molecule has 2 rings (SSSR count). The Morgan fingerprint density at radius 2 is 1.89 bits per heavy atom. The van der Waals surface area contributed by atoms with E-state index in [9.17, 15) is 4.79 Å². The number of carbonyl (C=O) groups excluding carboxylic acids is 1. The van der Waals surface area contributed by atoms with Gasteiger partial charge in [-0.05, 0) is 37.3 Å². The van der Waals surface area contributed by atoms with Gasteiger partial charge >= 0.3 is 0 Å². The highest BCUT2D eigenvalue weighted by Gasteiger charge is 2.19. The zero-order chi connectivity index (χ0) is 13.0. The summed E-state index contributed by atoms with van der Waals surface area (Å²) >= 11 is 0. The maximum absolute atomic E-state index is 11.3. The lowest BCUT2D eigenvalue weighted by Gasteiger charge is -2.26.